The number of hydrogen-bond acceptors (Lipinski definition) is 1. The first-order chi connectivity index (χ1) is 6.07. The highest BCUT2D eigenvalue weighted by Crippen LogP contribution is 2.27. The summed E-state index contributed by atoms with van der Waals surface area (Å²) in [7, 11) is 0. The highest BCUT2D eigenvalue weighted by molar-refractivity contribution is 5.96. The molecular weight excluding hydrogens is 160 g/mol. The zero-order valence-electron chi connectivity index (χ0n) is 8.50. The van der Waals surface area contributed by atoms with E-state index in [9.17, 15) is 4.79 Å². The third-order valence-corrected chi connectivity index (χ3v) is 2.56. The van der Waals surface area contributed by atoms with Crippen LogP contribution < -0.4 is 0 Å². The molecule has 1 rings (SSSR count). The molecule has 0 bridgehead atoms. The van der Waals surface area contributed by atoms with Crippen molar-refractivity contribution in [2.75, 3.05) is 0 Å². The first-order valence-corrected chi connectivity index (χ1v) is 4.67. The molecule has 0 saturated heterocycles. The zero-order valence-corrected chi connectivity index (χ0v) is 8.50. The molecule has 1 aliphatic rings. The van der Waals surface area contributed by atoms with E-state index < -0.39 is 0 Å². The van der Waals surface area contributed by atoms with E-state index in [1.165, 1.54) is 0 Å². The second kappa shape index (κ2) is 3.73. The minimum atomic E-state index is 0.105. The predicted molar refractivity (Wildman–Crippen MR) is 55.4 cm³/mol. The number of hydrogen-bond donors (Lipinski definition) is 0. The molecule has 0 saturated carbocycles. The van der Waals surface area contributed by atoms with E-state index in [2.05, 4.69) is 26.0 Å². The van der Waals surface area contributed by atoms with Gasteiger partial charge < -0.3 is 0 Å². The summed E-state index contributed by atoms with van der Waals surface area (Å²) in [5, 5.41) is 0. The van der Waals surface area contributed by atoms with Crippen LogP contribution in [0.5, 0.6) is 0 Å². The standard InChI is InChI=1S/C12H16O/c1-4-12(3)8-5-6-11(7-9-12)10(2)13/h5-9H,4H2,1-3H3. The van der Waals surface area contributed by atoms with Gasteiger partial charge in [0.1, 0.15) is 0 Å². The summed E-state index contributed by atoms with van der Waals surface area (Å²) in [6.45, 7) is 5.91. The maximum Gasteiger partial charge on any atom is 0.159 e. The molecule has 1 nitrogen and oxygen atoms in total. The van der Waals surface area contributed by atoms with Gasteiger partial charge in [-0.15, -0.1) is 0 Å². The van der Waals surface area contributed by atoms with Crippen LogP contribution in [0.4, 0.5) is 0 Å². The van der Waals surface area contributed by atoms with Crippen LogP contribution in [0.15, 0.2) is 36.0 Å². The van der Waals surface area contributed by atoms with Gasteiger partial charge in [-0.3, -0.25) is 4.79 Å². The Labute approximate surface area is 79.8 Å². The zero-order chi connectivity index (χ0) is 9.90. The van der Waals surface area contributed by atoms with E-state index in [0.29, 0.717) is 0 Å². The van der Waals surface area contributed by atoms with Gasteiger partial charge in [0.05, 0.1) is 0 Å². The summed E-state index contributed by atoms with van der Waals surface area (Å²) in [5.74, 6) is 0.126. The van der Waals surface area contributed by atoms with Crippen molar-refractivity contribution in [3.05, 3.63) is 36.0 Å². The molecule has 0 N–H and O–H groups in total. The Morgan fingerprint density at radius 3 is 2.69 bits per heavy atom. The van der Waals surface area contributed by atoms with Gasteiger partial charge in [-0.2, -0.15) is 0 Å². The molecular formula is C12H16O. The lowest BCUT2D eigenvalue weighted by Crippen LogP contribution is -2.06. The van der Waals surface area contributed by atoms with E-state index in [1.54, 1.807) is 6.92 Å². The molecule has 0 fully saturated rings. The molecule has 1 aliphatic carbocycles. The summed E-state index contributed by atoms with van der Waals surface area (Å²) in [6, 6.07) is 0. The summed E-state index contributed by atoms with van der Waals surface area (Å²) in [4.78, 5) is 11.1. The van der Waals surface area contributed by atoms with Gasteiger partial charge in [0.2, 0.25) is 0 Å². The van der Waals surface area contributed by atoms with Crippen molar-refractivity contribution in [3.8, 4) is 0 Å². The molecule has 0 amide bonds. The van der Waals surface area contributed by atoms with Crippen LogP contribution in [-0.2, 0) is 4.79 Å². The normalized spacial score (nSPS) is 26.8. The maximum atomic E-state index is 11.1. The third kappa shape index (κ3) is 2.41. The molecule has 0 spiro atoms. The number of rotatable bonds is 2. The Bertz CT molecular complexity index is 294. The molecule has 0 aromatic carbocycles. The average molecular weight is 176 g/mol. The average Bonchev–Trinajstić information content (AvgIpc) is 2.28. The molecule has 0 aliphatic heterocycles. The Morgan fingerprint density at radius 2 is 2.15 bits per heavy atom. The summed E-state index contributed by atoms with van der Waals surface area (Å²) < 4.78 is 0. The number of carbonyl (C=O) groups is 1. The van der Waals surface area contributed by atoms with Gasteiger partial charge in [-0.25, -0.2) is 0 Å². The summed E-state index contributed by atoms with van der Waals surface area (Å²) >= 11 is 0. The van der Waals surface area contributed by atoms with E-state index >= 15 is 0 Å². The van der Waals surface area contributed by atoms with Gasteiger partial charge in [-0.05, 0) is 13.3 Å². The number of allylic oxidation sites excluding steroid dienone is 6. The highest BCUT2D eigenvalue weighted by atomic mass is 16.1. The summed E-state index contributed by atoms with van der Waals surface area (Å²) in [5.41, 5.74) is 0.890. The van der Waals surface area contributed by atoms with Crippen LogP contribution in [0.25, 0.3) is 0 Å². The third-order valence-electron chi connectivity index (χ3n) is 2.56. The first kappa shape index (κ1) is 9.97. The van der Waals surface area contributed by atoms with Crippen LogP contribution >= 0.6 is 0 Å². The first-order valence-electron chi connectivity index (χ1n) is 4.67. The van der Waals surface area contributed by atoms with Gasteiger partial charge in [-0.1, -0.05) is 44.2 Å². The van der Waals surface area contributed by atoms with Crippen LogP contribution in [0, 0.1) is 5.41 Å². The van der Waals surface area contributed by atoms with Crippen LogP contribution in [0.3, 0.4) is 0 Å². The number of Topliss-reactive ketones (excluding diaryl/α,β-unsaturated/α-hetero) is 1. The van der Waals surface area contributed by atoms with Crippen molar-refractivity contribution in [1.82, 2.24) is 0 Å². The van der Waals surface area contributed by atoms with Crippen LogP contribution in [-0.4, -0.2) is 5.78 Å². The molecule has 70 valence electrons. The van der Waals surface area contributed by atoms with Gasteiger partial charge in [0.25, 0.3) is 0 Å². The van der Waals surface area contributed by atoms with Gasteiger partial charge in [0, 0.05) is 11.0 Å². The lowest BCUT2D eigenvalue weighted by atomic mass is 9.87. The molecule has 0 radical (unpaired) electrons. The topological polar surface area (TPSA) is 17.1 Å². The second-order valence-electron chi connectivity index (χ2n) is 3.73. The predicted octanol–water partition coefficient (Wildman–Crippen LogP) is 3.04. The lowest BCUT2D eigenvalue weighted by Gasteiger charge is -2.17. The quantitative estimate of drug-likeness (QED) is 0.632. The van der Waals surface area contributed by atoms with Gasteiger partial charge >= 0.3 is 0 Å². The molecule has 13 heavy (non-hydrogen) atoms. The molecule has 0 aromatic heterocycles. The Kier molecular flexibility index (Phi) is 2.86. The largest absolute Gasteiger partial charge is 0.295 e. The molecule has 0 aromatic rings. The van der Waals surface area contributed by atoms with Crippen molar-refractivity contribution in [1.29, 1.82) is 0 Å². The Hall–Kier alpha value is -1.11. The highest BCUT2D eigenvalue weighted by Gasteiger charge is 2.15. The Balaban J connectivity index is 2.93. The fourth-order valence-electron chi connectivity index (χ4n) is 1.23. The Morgan fingerprint density at radius 1 is 1.46 bits per heavy atom. The van der Waals surface area contributed by atoms with E-state index in [-0.39, 0.29) is 11.2 Å². The maximum absolute atomic E-state index is 11.1. The molecule has 0 heterocycles. The smallest absolute Gasteiger partial charge is 0.159 e. The van der Waals surface area contributed by atoms with Crippen LogP contribution in [0.1, 0.15) is 27.2 Å². The number of ketones is 1. The monoisotopic (exact) mass is 176 g/mol. The molecule has 1 heteroatoms. The van der Waals surface area contributed by atoms with Crippen molar-refractivity contribution in [2.45, 2.75) is 27.2 Å². The molecule has 1 atom stereocenters. The lowest BCUT2D eigenvalue weighted by molar-refractivity contribution is -0.113. The van der Waals surface area contributed by atoms with Crippen molar-refractivity contribution >= 4 is 5.78 Å². The molecule has 1 unspecified atom stereocenters. The van der Waals surface area contributed by atoms with Crippen molar-refractivity contribution < 1.29 is 4.79 Å². The summed E-state index contributed by atoms with van der Waals surface area (Å²) in [6.07, 6.45) is 11.1. The van der Waals surface area contributed by atoms with E-state index in [4.69, 9.17) is 0 Å². The van der Waals surface area contributed by atoms with Crippen LogP contribution in [0.2, 0.25) is 0 Å². The number of carbonyl (C=O) groups excluding carboxylic acids is 1. The van der Waals surface area contributed by atoms with Crippen molar-refractivity contribution in [3.63, 3.8) is 0 Å². The second-order valence-corrected chi connectivity index (χ2v) is 3.73. The minimum Gasteiger partial charge on any atom is -0.295 e. The SMILES string of the molecule is CCC1(C)C=CC=C(C(C)=O)C=C1. The van der Waals surface area contributed by atoms with E-state index in [0.717, 1.165) is 12.0 Å². The van der Waals surface area contributed by atoms with Crippen molar-refractivity contribution in [2.24, 2.45) is 5.41 Å². The van der Waals surface area contributed by atoms with Gasteiger partial charge in [0.15, 0.2) is 5.78 Å². The minimum absolute atomic E-state index is 0.105. The fraction of sp³-hybridized carbons (Fsp3) is 0.417. The fourth-order valence-corrected chi connectivity index (χ4v) is 1.23. The van der Waals surface area contributed by atoms with E-state index in [1.807, 2.05) is 18.2 Å².